The molecule has 3 rings (SSSR count). The first kappa shape index (κ1) is 15.5. The molecule has 120 valence electrons. The second-order valence-electron chi connectivity index (χ2n) is 6.49. The van der Waals surface area contributed by atoms with Gasteiger partial charge in [-0.2, -0.15) is 0 Å². The molecule has 5 heteroatoms. The van der Waals surface area contributed by atoms with Crippen LogP contribution in [0.3, 0.4) is 0 Å². The Kier molecular flexibility index (Phi) is 4.81. The van der Waals surface area contributed by atoms with E-state index in [1.165, 1.54) is 16.9 Å². The summed E-state index contributed by atoms with van der Waals surface area (Å²) >= 11 is 1.73. The summed E-state index contributed by atoms with van der Waals surface area (Å²) in [6.45, 7) is 4.56. The van der Waals surface area contributed by atoms with Gasteiger partial charge in [0.25, 0.3) is 5.91 Å². The van der Waals surface area contributed by atoms with Crippen molar-refractivity contribution in [1.82, 2.24) is 10.2 Å². The van der Waals surface area contributed by atoms with Crippen LogP contribution in [-0.2, 0) is 17.6 Å². The summed E-state index contributed by atoms with van der Waals surface area (Å²) in [4.78, 5) is 27.1. The molecule has 2 amide bonds. The Bertz CT molecular complexity index is 567. The minimum atomic E-state index is 0.0554. The Morgan fingerprint density at radius 1 is 1.45 bits per heavy atom. The summed E-state index contributed by atoms with van der Waals surface area (Å²) in [5.41, 5.74) is 2.15. The van der Waals surface area contributed by atoms with Crippen LogP contribution in [-0.4, -0.2) is 36.3 Å². The number of carbonyl (C=O) groups excluding carboxylic acids is 2. The first-order valence-electron chi connectivity index (χ1n) is 8.30. The van der Waals surface area contributed by atoms with E-state index in [0.29, 0.717) is 13.0 Å². The number of carbonyl (C=O) groups is 2. The number of rotatable bonds is 5. The van der Waals surface area contributed by atoms with Gasteiger partial charge in [-0.25, -0.2) is 0 Å². The van der Waals surface area contributed by atoms with Crippen molar-refractivity contribution in [2.75, 3.05) is 19.6 Å². The van der Waals surface area contributed by atoms with E-state index < -0.39 is 0 Å². The molecule has 2 heterocycles. The normalized spacial score (nSPS) is 21.0. The minimum absolute atomic E-state index is 0.0554. The molecule has 1 aromatic rings. The van der Waals surface area contributed by atoms with Crippen molar-refractivity contribution in [3.05, 3.63) is 21.4 Å². The van der Waals surface area contributed by atoms with Gasteiger partial charge >= 0.3 is 0 Å². The maximum Gasteiger partial charge on any atom is 0.252 e. The molecule has 1 aromatic heterocycles. The Balaban J connectivity index is 1.47. The summed E-state index contributed by atoms with van der Waals surface area (Å²) in [6, 6.07) is 0. The van der Waals surface area contributed by atoms with Gasteiger partial charge in [0.2, 0.25) is 5.91 Å². The van der Waals surface area contributed by atoms with Crippen LogP contribution >= 0.6 is 11.3 Å². The van der Waals surface area contributed by atoms with E-state index in [4.69, 9.17) is 0 Å². The van der Waals surface area contributed by atoms with E-state index in [1.807, 2.05) is 10.3 Å². The third kappa shape index (κ3) is 3.35. The Morgan fingerprint density at radius 2 is 2.32 bits per heavy atom. The van der Waals surface area contributed by atoms with E-state index >= 15 is 0 Å². The van der Waals surface area contributed by atoms with Gasteiger partial charge in [-0.05, 0) is 43.6 Å². The van der Waals surface area contributed by atoms with Crippen molar-refractivity contribution in [2.45, 2.75) is 45.4 Å². The quantitative estimate of drug-likeness (QED) is 0.848. The van der Waals surface area contributed by atoms with Crippen LogP contribution in [0.25, 0.3) is 0 Å². The number of likely N-dealkylation sites (tertiary alicyclic amines) is 1. The first-order valence-corrected chi connectivity index (χ1v) is 9.18. The summed E-state index contributed by atoms with van der Waals surface area (Å²) in [7, 11) is 0. The molecule has 22 heavy (non-hydrogen) atoms. The SMILES string of the molecule is CC1CCc2c(C(=O)NCCCN3CCCC3=O)csc2C1. The molecule has 0 aromatic carbocycles. The van der Waals surface area contributed by atoms with Gasteiger partial charge in [-0.15, -0.1) is 11.3 Å². The zero-order chi connectivity index (χ0) is 15.5. The zero-order valence-corrected chi connectivity index (χ0v) is 14.0. The average molecular weight is 320 g/mol. The molecular weight excluding hydrogens is 296 g/mol. The molecule has 1 aliphatic heterocycles. The number of hydrogen-bond acceptors (Lipinski definition) is 3. The van der Waals surface area contributed by atoms with Crippen molar-refractivity contribution >= 4 is 23.2 Å². The Morgan fingerprint density at radius 3 is 3.09 bits per heavy atom. The van der Waals surface area contributed by atoms with E-state index in [0.717, 1.165) is 50.3 Å². The van der Waals surface area contributed by atoms with Crippen LogP contribution in [0.1, 0.15) is 53.4 Å². The molecule has 1 saturated heterocycles. The van der Waals surface area contributed by atoms with Crippen molar-refractivity contribution in [3.63, 3.8) is 0 Å². The molecule has 1 fully saturated rings. The first-order chi connectivity index (χ1) is 10.6. The molecule has 1 atom stereocenters. The summed E-state index contributed by atoms with van der Waals surface area (Å²) in [5.74, 6) is 1.05. The van der Waals surface area contributed by atoms with Crippen molar-refractivity contribution in [3.8, 4) is 0 Å². The molecular formula is C17H24N2O2S. The lowest BCUT2D eigenvalue weighted by atomic mass is 9.88. The van der Waals surface area contributed by atoms with Gasteiger partial charge in [0.05, 0.1) is 5.56 Å². The van der Waals surface area contributed by atoms with Crippen molar-refractivity contribution in [2.24, 2.45) is 5.92 Å². The number of amides is 2. The molecule has 2 aliphatic rings. The van der Waals surface area contributed by atoms with E-state index in [-0.39, 0.29) is 11.8 Å². The molecule has 1 aliphatic carbocycles. The maximum atomic E-state index is 12.3. The number of hydrogen-bond donors (Lipinski definition) is 1. The lowest BCUT2D eigenvalue weighted by Crippen LogP contribution is -2.31. The lowest BCUT2D eigenvalue weighted by molar-refractivity contribution is -0.127. The highest BCUT2D eigenvalue weighted by Gasteiger charge is 2.23. The van der Waals surface area contributed by atoms with Crippen LogP contribution in [0.5, 0.6) is 0 Å². The molecule has 0 bridgehead atoms. The molecule has 0 spiro atoms. The molecule has 0 saturated carbocycles. The van der Waals surface area contributed by atoms with Gasteiger partial charge in [0.1, 0.15) is 0 Å². The average Bonchev–Trinajstić information content (AvgIpc) is 3.09. The summed E-state index contributed by atoms with van der Waals surface area (Å²) in [6.07, 6.45) is 5.83. The highest BCUT2D eigenvalue weighted by molar-refractivity contribution is 7.10. The fourth-order valence-electron chi connectivity index (χ4n) is 3.38. The molecule has 1 N–H and O–H groups in total. The third-order valence-corrected chi connectivity index (χ3v) is 5.76. The smallest absolute Gasteiger partial charge is 0.252 e. The van der Waals surface area contributed by atoms with E-state index in [9.17, 15) is 9.59 Å². The predicted octanol–water partition coefficient (Wildman–Crippen LogP) is 2.62. The summed E-state index contributed by atoms with van der Waals surface area (Å²) in [5, 5.41) is 5.03. The van der Waals surface area contributed by atoms with E-state index in [1.54, 1.807) is 11.3 Å². The van der Waals surface area contributed by atoms with Crippen LogP contribution in [0.4, 0.5) is 0 Å². The highest BCUT2D eigenvalue weighted by Crippen LogP contribution is 2.32. The topological polar surface area (TPSA) is 49.4 Å². The second-order valence-corrected chi connectivity index (χ2v) is 7.46. The standard InChI is InChI=1S/C17H24N2O2S/c1-12-5-6-13-14(11-22-15(13)10-12)17(21)18-7-3-9-19-8-2-4-16(19)20/h11-12H,2-10H2,1H3,(H,18,21). The van der Waals surface area contributed by atoms with Crippen LogP contribution in [0, 0.1) is 5.92 Å². The van der Waals surface area contributed by atoms with Crippen molar-refractivity contribution < 1.29 is 9.59 Å². The molecule has 0 radical (unpaired) electrons. The van der Waals surface area contributed by atoms with Crippen LogP contribution < -0.4 is 5.32 Å². The highest BCUT2D eigenvalue weighted by atomic mass is 32.1. The zero-order valence-electron chi connectivity index (χ0n) is 13.2. The fraction of sp³-hybridized carbons (Fsp3) is 0.647. The number of thiophene rings is 1. The Labute approximate surface area is 135 Å². The third-order valence-electron chi connectivity index (χ3n) is 4.71. The second kappa shape index (κ2) is 6.82. The monoisotopic (exact) mass is 320 g/mol. The van der Waals surface area contributed by atoms with Gasteiger partial charge in [0, 0.05) is 36.3 Å². The Hall–Kier alpha value is -1.36. The van der Waals surface area contributed by atoms with Crippen molar-refractivity contribution in [1.29, 1.82) is 0 Å². The molecule has 4 nitrogen and oxygen atoms in total. The lowest BCUT2D eigenvalue weighted by Gasteiger charge is -2.19. The summed E-state index contributed by atoms with van der Waals surface area (Å²) < 4.78 is 0. The van der Waals surface area contributed by atoms with Crippen LogP contribution in [0.2, 0.25) is 0 Å². The maximum absolute atomic E-state index is 12.3. The van der Waals surface area contributed by atoms with Gasteiger partial charge in [0.15, 0.2) is 0 Å². The van der Waals surface area contributed by atoms with Gasteiger partial charge in [-0.3, -0.25) is 9.59 Å². The predicted molar refractivity (Wildman–Crippen MR) is 88.3 cm³/mol. The number of nitrogens with zero attached hydrogens (tertiary/aromatic N) is 1. The minimum Gasteiger partial charge on any atom is -0.352 e. The van der Waals surface area contributed by atoms with Gasteiger partial charge < -0.3 is 10.2 Å². The number of nitrogens with one attached hydrogen (secondary N) is 1. The van der Waals surface area contributed by atoms with Gasteiger partial charge in [-0.1, -0.05) is 6.92 Å². The molecule has 1 unspecified atom stereocenters. The fourth-order valence-corrected chi connectivity index (χ4v) is 4.62. The largest absolute Gasteiger partial charge is 0.352 e. The van der Waals surface area contributed by atoms with E-state index in [2.05, 4.69) is 12.2 Å². The number of fused-ring (bicyclic) bond motifs is 1. The van der Waals surface area contributed by atoms with Crippen LogP contribution in [0.15, 0.2) is 5.38 Å².